The van der Waals surface area contributed by atoms with Crippen molar-refractivity contribution in [3.8, 4) is 0 Å². The third-order valence-corrected chi connectivity index (χ3v) is 4.65. The van der Waals surface area contributed by atoms with Crippen LogP contribution in [0.25, 0.3) is 0 Å². The molecule has 21 heavy (non-hydrogen) atoms. The first-order valence-electron chi connectivity index (χ1n) is 8.13. The lowest BCUT2D eigenvalue weighted by atomic mass is 10.1. The molecule has 0 aliphatic carbocycles. The summed E-state index contributed by atoms with van der Waals surface area (Å²) in [7, 11) is 0. The monoisotopic (exact) mass is 287 g/mol. The summed E-state index contributed by atoms with van der Waals surface area (Å²) in [5.74, 6) is 0.0496. The van der Waals surface area contributed by atoms with Crippen LogP contribution in [-0.4, -0.2) is 43.0 Å². The van der Waals surface area contributed by atoms with Gasteiger partial charge >= 0.3 is 0 Å². The number of hydrogen-bond donors (Lipinski definition) is 2. The maximum absolute atomic E-state index is 12.3. The van der Waals surface area contributed by atoms with Crippen molar-refractivity contribution < 1.29 is 4.79 Å². The SMILES string of the molecule is C[C@H](CNC(=O)c1ccc2c(c1)CCN2)N1CCCCC1. The number of carbonyl (C=O) groups is 1. The van der Waals surface area contributed by atoms with Crippen LogP contribution in [0.2, 0.25) is 0 Å². The zero-order valence-electron chi connectivity index (χ0n) is 12.8. The van der Waals surface area contributed by atoms with Crippen molar-refractivity contribution in [2.24, 2.45) is 0 Å². The molecule has 0 spiro atoms. The molecule has 1 aromatic carbocycles. The predicted molar refractivity (Wildman–Crippen MR) is 85.9 cm³/mol. The van der Waals surface area contributed by atoms with Crippen molar-refractivity contribution in [1.82, 2.24) is 10.2 Å². The number of rotatable bonds is 4. The topological polar surface area (TPSA) is 44.4 Å². The molecule has 3 rings (SSSR count). The molecule has 0 aromatic heterocycles. The number of benzene rings is 1. The standard InChI is InChI=1S/C17H25N3O/c1-13(20-9-3-2-4-10-20)12-19-17(21)15-5-6-16-14(11-15)7-8-18-16/h5-6,11,13,18H,2-4,7-10,12H2,1H3,(H,19,21)/t13-/m1/s1. The summed E-state index contributed by atoms with van der Waals surface area (Å²) >= 11 is 0. The van der Waals surface area contributed by atoms with Crippen molar-refractivity contribution >= 4 is 11.6 Å². The van der Waals surface area contributed by atoms with Crippen LogP contribution in [0.15, 0.2) is 18.2 Å². The summed E-state index contributed by atoms with van der Waals surface area (Å²) in [5.41, 5.74) is 3.21. The Morgan fingerprint density at radius 2 is 2.14 bits per heavy atom. The minimum absolute atomic E-state index is 0.0496. The number of likely N-dealkylation sites (tertiary alicyclic amines) is 1. The van der Waals surface area contributed by atoms with Crippen molar-refractivity contribution in [3.05, 3.63) is 29.3 Å². The molecule has 4 nitrogen and oxygen atoms in total. The number of anilines is 1. The Labute approximate surface area is 126 Å². The molecule has 2 aliphatic rings. The van der Waals surface area contributed by atoms with E-state index in [1.165, 1.54) is 43.6 Å². The van der Waals surface area contributed by atoms with Gasteiger partial charge in [0.25, 0.3) is 5.91 Å². The number of nitrogens with one attached hydrogen (secondary N) is 2. The van der Waals surface area contributed by atoms with E-state index in [0.717, 1.165) is 25.1 Å². The highest BCUT2D eigenvalue weighted by Gasteiger charge is 2.18. The molecule has 0 radical (unpaired) electrons. The highest BCUT2D eigenvalue weighted by atomic mass is 16.1. The zero-order chi connectivity index (χ0) is 14.7. The Morgan fingerprint density at radius 1 is 1.33 bits per heavy atom. The molecule has 1 atom stereocenters. The predicted octanol–water partition coefficient (Wildman–Crippen LogP) is 2.26. The second kappa shape index (κ2) is 6.48. The smallest absolute Gasteiger partial charge is 0.251 e. The van der Waals surface area contributed by atoms with E-state index >= 15 is 0 Å². The van der Waals surface area contributed by atoms with Crippen molar-refractivity contribution in [1.29, 1.82) is 0 Å². The number of carbonyl (C=O) groups excluding carboxylic acids is 1. The number of nitrogens with zero attached hydrogens (tertiary/aromatic N) is 1. The fourth-order valence-corrected chi connectivity index (χ4v) is 3.28. The first kappa shape index (κ1) is 14.4. The lowest BCUT2D eigenvalue weighted by Crippen LogP contribution is -2.44. The van der Waals surface area contributed by atoms with Crippen LogP contribution in [0.5, 0.6) is 0 Å². The summed E-state index contributed by atoms with van der Waals surface area (Å²) in [6.45, 7) is 6.25. The molecular formula is C17H25N3O. The first-order chi connectivity index (χ1) is 10.2. The van der Waals surface area contributed by atoms with Crippen LogP contribution in [0.3, 0.4) is 0 Å². The Kier molecular flexibility index (Phi) is 4.44. The Balaban J connectivity index is 1.54. The highest BCUT2D eigenvalue weighted by molar-refractivity contribution is 5.95. The Morgan fingerprint density at radius 3 is 2.95 bits per heavy atom. The van der Waals surface area contributed by atoms with Gasteiger partial charge < -0.3 is 10.6 Å². The molecule has 2 heterocycles. The average molecular weight is 287 g/mol. The Hall–Kier alpha value is -1.55. The maximum Gasteiger partial charge on any atom is 0.251 e. The van der Waals surface area contributed by atoms with Gasteiger partial charge in [-0.25, -0.2) is 0 Å². The van der Waals surface area contributed by atoms with Crippen LogP contribution >= 0.6 is 0 Å². The van der Waals surface area contributed by atoms with Crippen molar-refractivity contribution in [3.63, 3.8) is 0 Å². The highest BCUT2D eigenvalue weighted by Crippen LogP contribution is 2.22. The first-order valence-corrected chi connectivity index (χ1v) is 8.13. The molecule has 114 valence electrons. The fraction of sp³-hybridized carbons (Fsp3) is 0.588. The van der Waals surface area contributed by atoms with Crippen LogP contribution in [0, 0.1) is 0 Å². The van der Waals surface area contributed by atoms with Crippen LogP contribution < -0.4 is 10.6 Å². The van der Waals surface area contributed by atoms with Crippen molar-refractivity contribution in [2.75, 3.05) is 31.5 Å². The van der Waals surface area contributed by atoms with Gasteiger partial charge in [0.15, 0.2) is 0 Å². The van der Waals surface area contributed by atoms with Gasteiger partial charge in [-0.1, -0.05) is 6.42 Å². The Bertz CT molecular complexity index is 509. The molecule has 0 saturated carbocycles. The molecule has 2 aliphatic heterocycles. The third kappa shape index (κ3) is 3.38. The summed E-state index contributed by atoms with van der Waals surface area (Å²) in [6, 6.07) is 6.38. The summed E-state index contributed by atoms with van der Waals surface area (Å²) in [6.07, 6.45) is 4.94. The lowest BCUT2D eigenvalue weighted by molar-refractivity contribution is 0.0930. The van der Waals surface area contributed by atoms with Crippen LogP contribution in [0.4, 0.5) is 5.69 Å². The van der Waals surface area contributed by atoms with Gasteiger partial charge in [0.1, 0.15) is 0 Å². The average Bonchev–Trinajstić information content (AvgIpc) is 3.00. The molecule has 0 unspecified atom stereocenters. The second-order valence-electron chi connectivity index (χ2n) is 6.20. The fourth-order valence-electron chi connectivity index (χ4n) is 3.28. The minimum Gasteiger partial charge on any atom is -0.384 e. The van der Waals surface area contributed by atoms with E-state index in [-0.39, 0.29) is 5.91 Å². The van der Waals surface area contributed by atoms with Gasteiger partial charge in [-0.2, -0.15) is 0 Å². The summed E-state index contributed by atoms with van der Waals surface area (Å²) in [4.78, 5) is 14.8. The molecule has 1 saturated heterocycles. The molecule has 4 heteroatoms. The van der Waals surface area contributed by atoms with Gasteiger partial charge in [0, 0.05) is 30.4 Å². The third-order valence-electron chi connectivity index (χ3n) is 4.65. The number of amides is 1. The van der Waals surface area contributed by atoms with E-state index in [0.29, 0.717) is 6.04 Å². The van der Waals surface area contributed by atoms with Gasteiger partial charge in [0.05, 0.1) is 0 Å². The molecule has 1 amide bonds. The van der Waals surface area contributed by atoms with E-state index in [4.69, 9.17) is 0 Å². The quantitative estimate of drug-likeness (QED) is 0.893. The summed E-state index contributed by atoms with van der Waals surface area (Å²) in [5, 5.41) is 6.41. The zero-order valence-corrected chi connectivity index (χ0v) is 12.8. The maximum atomic E-state index is 12.3. The molecule has 2 N–H and O–H groups in total. The minimum atomic E-state index is 0.0496. The molecule has 0 bridgehead atoms. The van der Waals surface area contributed by atoms with E-state index in [2.05, 4.69) is 22.5 Å². The number of piperidine rings is 1. The molecule has 1 aromatic rings. The number of hydrogen-bond acceptors (Lipinski definition) is 3. The van der Waals surface area contributed by atoms with Gasteiger partial charge in [-0.05, 0) is 63.0 Å². The van der Waals surface area contributed by atoms with E-state index in [1.807, 2.05) is 18.2 Å². The molecule has 1 fully saturated rings. The number of fused-ring (bicyclic) bond motifs is 1. The van der Waals surface area contributed by atoms with E-state index in [1.54, 1.807) is 0 Å². The van der Waals surface area contributed by atoms with Crippen molar-refractivity contribution in [2.45, 2.75) is 38.6 Å². The van der Waals surface area contributed by atoms with Gasteiger partial charge in [-0.3, -0.25) is 9.69 Å². The van der Waals surface area contributed by atoms with Gasteiger partial charge in [-0.15, -0.1) is 0 Å². The normalized spacial score (nSPS) is 19.7. The summed E-state index contributed by atoms with van der Waals surface area (Å²) < 4.78 is 0. The second-order valence-corrected chi connectivity index (χ2v) is 6.20. The molecular weight excluding hydrogens is 262 g/mol. The van der Waals surface area contributed by atoms with Crippen LogP contribution in [0.1, 0.15) is 42.1 Å². The van der Waals surface area contributed by atoms with Gasteiger partial charge in [0.2, 0.25) is 0 Å². The largest absolute Gasteiger partial charge is 0.384 e. The van der Waals surface area contributed by atoms with Crippen LogP contribution in [-0.2, 0) is 6.42 Å². The lowest BCUT2D eigenvalue weighted by Gasteiger charge is -2.32. The van der Waals surface area contributed by atoms with E-state index < -0.39 is 0 Å². The van der Waals surface area contributed by atoms with E-state index in [9.17, 15) is 4.79 Å².